The summed E-state index contributed by atoms with van der Waals surface area (Å²) in [6.45, 7) is 14.2. The first-order chi connectivity index (χ1) is 14.7. The monoisotopic (exact) mass is 449 g/mol. The predicted octanol–water partition coefficient (Wildman–Crippen LogP) is 3.89. The summed E-state index contributed by atoms with van der Waals surface area (Å²) in [5, 5.41) is 15.9. The van der Waals surface area contributed by atoms with Crippen LogP contribution >= 0.6 is 0 Å². The SMILES string of the molecule is CCCC(C)NC(=O)C(c1ccccc1O)N(C(=O)CNC(=O)OC(C)(C)C)C(C)(C)C. The van der Waals surface area contributed by atoms with Crippen LogP contribution in [0.5, 0.6) is 5.75 Å². The van der Waals surface area contributed by atoms with Gasteiger partial charge in [-0.3, -0.25) is 9.59 Å². The molecule has 0 radical (unpaired) electrons. The summed E-state index contributed by atoms with van der Waals surface area (Å²) in [5.41, 5.74) is -1.18. The van der Waals surface area contributed by atoms with E-state index in [9.17, 15) is 19.5 Å². The number of amides is 3. The fraction of sp³-hybridized carbons (Fsp3) is 0.625. The summed E-state index contributed by atoms with van der Waals surface area (Å²) in [6, 6.07) is 5.28. The lowest BCUT2D eigenvalue weighted by Crippen LogP contribution is -2.55. The van der Waals surface area contributed by atoms with Crippen LogP contribution in [0.15, 0.2) is 24.3 Å². The Kier molecular flexibility index (Phi) is 9.54. The number of ether oxygens (including phenoxy) is 1. The first-order valence-electron chi connectivity index (χ1n) is 11.0. The van der Waals surface area contributed by atoms with Crippen LogP contribution in [-0.2, 0) is 14.3 Å². The number of aromatic hydroxyl groups is 1. The van der Waals surface area contributed by atoms with Crippen molar-refractivity contribution in [3.05, 3.63) is 29.8 Å². The highest BCUT2D eigenvalue weighted by molar-refractivity contribution is 5.91. The topological polar surface area (TPSA) is 108 Å². The van der Waals surface area contributed by atoms with Gasteiger partial charge in [-0.25, -0.2) is 4.79 Å². The fourth-order valence-electron chi connectivity index (χ4n) is 3.40. The molecule has 0 aliphatic heterocycles. The Morgan fingerprint density at radius 2 is 1.69 bits per heavy atom. The second kappa shape index (κ2) is 11.2. The quantitative estimate of drug-likeness (QED) is 0.558. The van der Waals surface area contributed by atoms with Crippen LogP contribution in [0, 0.1) is 0 Å². The van der Waals surface area contributed by atoms with E-state index in [1.54, 1.807) is 59.7 Å². The maximum absolute atomic E-state index is 13.4. The number of carbonyl (C=O) groups excluding carboxylic acids is 3. The molecular weight excluding hydrogens is 410 g/mol. The lowest BCUT2D eigenvalue weighted by atomic mass is 9.95. The summed E-state index contributed by atoms with van der Waals surface area (Å²) in [6.07, 6.45) is 0.952. The molecule has 1 rings (SSSR count). The zero-order chi connectivity index (χ0) is 24.7. The second-order valence-corrected chi connectivity index (χ2v) is 9.95. The van der Waals surface area contributed by atoms with Gasteiger partial charge >= 0.3 is 6.09 Å². The molecule has 0 saturated heterocycles. The minimum atomic E-state index is -1.08. The van der Waals surface area contributed by atoms with Crippen LogP contribution in [0.25, 0.3) is 0 Å². The van der Waals surface area contributed by atoms with Crippen LogP contribution in [0.4, 0.5) is 4.79 Å². The Bertz CT molecular complexity index is 796. The average Bonchev–Trinajstić information content (AvgIpc) is 2.62. The fourth-order valence-corrected chi connectivity index (χ4v) is 3.40. The molecule has 0 saturated carbocycles. The van der Waals surface area contributed by atoms with Crippen LogP contribution in [0.3, 0.4) is 0 Å². The number of para-hydroxylation sites is 1. The minimum absolute atomic E-state index is 0.0852. The van der Waals surface area contributed by atoms with Crippen molar-refractivity contribution in [3.63, 3.8) is 0 Å². The van der Waals surface area contributed by atoms with E-state index in [0.29, 0.717) is 5.56 Å². The van der Waals surface area contributed by atoms with Crippen LogP contribution in [0.2, 0.25) is 0 Å². The number of hydrogen-bond acceptors (Lipinski definition) is 5. The molecule has 0 fully saturated rings. The highest BCUT2D eigenvalue weighted by atomic mass is 16.6. The molecule has 3 N–H and O–H groups in total. The molecule has 1 aromatic rings. The molecule has 1 aromatic carbocycles. The number of rotatable bonds is 8. The number of nitrogens with zero attached hydrogens (tertiary/aromatic N) is 1. The maximum atomic E-state index is 13.4. The van der Waals surface area contributed by atoms with Gasteiger partial charge in [0, 0.05) is 17.1 Å². The Morgan fingerprint density at radius 3 is 2.19 bits per heavy atom. The summed E-state index contributed by atoms with van der Waals surface area (Å²) in [5.74, 6) is -0.958. The van der Waals surface area contributed by atoms with Crippen molar-refractivity contribution in [2.45, 2.75) is 91.5 Å². The van der Waals surface area contributed by atoms with E-state index in [4.69, 9.17) is 4.74 Å². The van der Waals surface area contributed by atoms with Crippen molar-refractivity contribution in [1.82, 2.24) is 15.5 Å². The third-order valence-corrected chi connectivity index (χ3v) is 4.62. The smallest absolute Gasteiger partial charge is 0.408 e. The standard InChI is InChI=1S/C24H39N3O5/c1-9-12-16(2)26-21(30)20(17-13-10-11-14-18(17)28)27(23(3,4)5)19(29)15-25-22(31)32-24(6,7)8/h10-11,13-14,16,20,28H,9,12,15H2,1-8H3,(H,25,31)(H,26,30). The Morgan fingerprint density at radius 1 is 1.09 bits per heavy atom. The zero-order valence-electron chi connectivity index (χ0n) is 20.6. The molecule has 0 aliphatic carbocycles. The summed E-state index contributed by atoms with van der Waals surface area (Å²) in [7, 11) is 0. The molecule has 2 unspecified atom stereocenters. The third-order valence-electron chi connectivity index (χ3n) is 4.62. The number of alkyl carbamates (subject to hydrolysis) is 1. The molecule has 32 heavy (non-hydrogen) atoms. The van der Waals surface area contributed by atoms with Gasteiger partial charge in [0.15, 0.2) is 0 Å². The van der Waals surface area contributed by atoms with Crippen molar-refractivity contribution in [1.29, 1.82) is 0 Å². The van der Waals surface area contributed by atoms with Crippen molar-refractivity contribution in [3.8, 4) is 5.75 Å². The average molecular weight is 450 g/mol. The van der Waals surface area contributed by atoms with Crippen LogP contribution in [-0.4, -0.2) is 51.6 Å². The summed E-state index contributed by atoms with van der Waals surface area (Å²) < 4.78 is 5.20. The molecule has 0 spiro atoms. The largest absolute Gasteiger partial charge is 0.508 e. The Labute approximate surface area is 191 Å². The number of carbonyl (C=O) groups is 3. The number of benzene rings is 1. The van der Waals surface area contributed by atoms with E-state index < -0.39 is 35.1 Å². The second-order valence-electron chi connectivity index (χ2n) is 9.95. The van der Waals surface area contributed by atoms with E-state index in [0.717, 1.165) is 12.8 Å². The molecule has 3 amide bonds. The van der Waals surface area contributed by atoms with E-state index in [2.05, 4.69) is 10.6 Å². The lowest BCUT2D eigenvalue weighted by molar-refractivity contribution is -0.146. The molecule has 0 bridgehead atoms. The molecule has 8 heteroatoms. The Hall–Kier alpha value is -2.77. The first-order valence-corrected chi connectivity index (χ1v) is 11.0. The van der Waals surface area contributed by atoms with E-state index in [1.165, 1.54) is 11.0 Å². The number of nitrogens with one attached hydrogen (secondary N) is 2. The summed E-state index contributed by atoms with van der Waals surface area (Å²) in [4.78, 5) is 40.1. The van der Waals surface area contributed by atoms with Gasteiger partial charge in [-0.2, -0.15) is 0 Å². The Balaban J connectivity index is 3.29. The molecule has 8 nitrogen and oxygen atoms in total. The molecule has 0 heterocycles. The highest BCUT2D eigenvalue weighted by Crippen LogP contribution is 2.33. The van der Waals surface area contributed by atoms with Gasteiger partial charge < -0.3 is 25.4 Å². The van der Waals surface area contributed by atoms with Gasteiger partial charge in [0.25, 0.3) is 0 Å². The number of phenolic OH excluding ortho intramolecular Hbond substituents is 1. The summed E-state index contributed by atoms with van der Waals surface area (Å²) >= 11 is 0. The lowest BCUT2D eigenvalue weighted by Gasteiger charge is -2.41. The van der Waals surface area contributed by atoms with Crippen molar-refractivity contribution in [2.75, 3.05) is 6.54 Å². The van der Waals surface area contributed by atoms with Gasteiger partial charge in [0.05, 0.1) is 0 Å². The van der Waals surface area contributed by atoms with Gasteiger partial charge in [0.1, 0.15) is 23.9 Å². The predicted molar refractivity (Wildman–Crippen MR) is 124 cm³/mol. The van der Waals surface area contributed by atoms with Crippen molar-refractivity contribution >= 4 is 17.9 Å². The van der Waals surface area contributed by atoms with Crippen LogP contribution < -0.4 is 10.6 Å². The van der Waals surface area contributed by atoms with E-state index >= 15 is 0 Å². The van der Waals surface area contributed by atoms with Gasteiger partial charge in [-0.05, 0) is 61.0 Å². The molecule has 180 valence electrons. The van der Waals surface area contributed by atoms with E-state index in [1.807, 2.05) is 13.8 Å². The van der Waals surface area contributed by atoms with Gasteiger partial charge in [-0.1, -0.05) is 31.5 Å². The van der Waals surface area contributed by atoms with Gasteiger partial charge in [0.2, 0.25) is 11.8 Å². The van der Waals surface area contributed by atoms with Crippen molar-refractivity contribution < 1.29 is 24.2 Å². The zero-order valence-corrected chi connectivity index (χ0v) is 20.6. The molecular formula is C24H39N3O5. The normalized spacial score (nSPS) is 13.6. The highest BCUT2D eigenvalue weighted by Gasteiger charge is 2.40. The number of hydrogen-bond donors (Lipinski definition) is 3. The molecule has 2 atom stereocenters. The maximum Gasteiger partial charge on any atom is 0.408 e. The van der Waals surface area contributed by atoms with E-state index in [-0.39, 0.29) is 18.3 Å². The third kappa shape index (κ3) is 8.40. The number of phenols is 1. The van der Waals surface area contributed by atoms with Gasteiger partial charge in [-0.15, -0.1) is 0 Å². The van der Waals surface area contributed by atoms with Crippen LogP contribution in [0.1, 0.15) is 79.8 Å². The van der Waals surface area contributed by atoms with Crippen molar-refractivity contribution in [2.24, 2.45) is 0 Å². The molecule has 0 aliphatic rings. The minimum Gasteiger partial charge on any atom is -0.508 e. The first kappa shape index (κ1) is 27.3. The molecule has 0 aromatic heterocycles.